The fourth-order valence-electron chi connectivity index (χ4n) is 2.69. The van der Waals surface area contributed by atoms with Crippen molar-refractivity contribution in [2.24, 2.45) is 0 Å². The van der Waals surface area contributed by atoms with Gasteiger partial charge in [-0.05, 0) is 49.5 Å². The largest absolute Gasteiger partial charge is 0.497 e. The molecular formula is C20H27N3O3. The number of anilines is 1. The Labute approximate surface area is 155 Å². The highest BCUT2D eigenvalue weighted by Gasteiger charge is 2.15. The Kier molecular flexibility index (Phi) is 7.44. The topological polar surface area (TPSA) is 62.8 Å². The van der Waals surface area contributed by atoms with E-state index < -0.39 is 0 Å². The molecule has 6 nitrogen and oxygen atoms in total. The summed E-state index contributed by atoms with van der Waals surface area (Å²) in [6, 6.07) is 15.3. The first-order chi connectivity index (χ1) is 12.5. The van der Waals surface area contributed by atoms with E-state index in [1.54, 1.807) is 14.2 Å². The molecule has 0 heterocycles. The van der Waals surface area contributed by atoms with Crippen LogP contribution in [0.5, 0.6) is 5.75 Å². The van der Waals surface area contributed by atoms with Crippen LogP contribution in [0.3, 0.4) is 0 Å². The molecule has 2 N–H and O–H groups in total. The lowest BCUT2D eigenvalue weighted by Crippen LogP contribution is -2.36. The van der Waals surface area contributed by atoms with Crippen LogP contribution in [0.25, 0.3) is 0 Å². The Hall–Kier alpha value is -2.57. The Morgan fingerprint density at radius 3 is 2.46 bits per heavy atom. The van der Waals surface area contributed by atoms with Gasteiger partial charge in [-0.15, -0.1) is 0 Å². The first-order valence-corrected chi connectivity index (χ1v) is 8.46. The number of hydrogen-bond acceptors (Lipinski definition) is 4. The Morgan fingerprint density at radius 1 is 1.12 bits per heavy atom. The number of rotatable bonds is 8. The van der Waals surface area contributed by atoms with E-state index in [4.69, 9.17) is 9.47 Å². The van der Waals surface area contributed by atoms with Crippen molar-refractivity contribution in [1.29, 1.82) is 0 Å². The Morgan fingerprint density at radius 2 is 1.85 bits per heavy atom. The zero-order valence-electron chi connectivity index (χ0n) is 15.8. The minimum absolute atomic E-state index is 0.0616. The molecule has 0 spiro atoms. The summed E-state index contributed by atoms with van der Waals surface area (Å²) in [5.74, 6) is 0.813. The SMILES string of the molecule is COCc1cccc(NC(=O)NCC(c2ccc(OC)cc2)N(C)C)c1. The zero-order chi connectivity index (χ0) is 18.9. The van der Waals surface area contributed by atoms with Crippen LogP contribution in [0, 0.1) is 0 Å². The second-order valence-electron chi connectivity index (χ2n) is 6.22. The molecule has 2 aromatic rings. The van der Waals surface area contributed by atoms with Gasteiger partial charge >= 0.3 is 6.03 Å². The maximum Gasteiger partial charge on any atom is 0.319 e. The standard InChI is InChI=1S/C20H27N3O3/c1-23(2)19(16-8-10-18(26-4)11-9-16)13-21-20(24)22-17-7-5-6-15(12-17)14-25-3/h5-12,19H,13-14H2,1-4H3,(H2,21,22,24). The summed E-state index contributed by atoms with van der Waals surface area (Å²) in [5.41, 5.74) is 2.86. The zero-order valence-corrected chi connectivity index (χ0v) is 15.8. The number of methoxy groups -OCH3 is 2. The normalized spacial score (nSPS) is 11.9. The van der Waals surface area contributed by atoms with Crippen LogP contribution in [-0.2, 0) is 11.3 Å². The molecule has 2 amide bonds. The average molecular weight is 357 g/mol. The molecule has 6 heteroatoms. The van der Waals surface area contributed by atoms with Crippen molar-refractivity contribution in [3.8, 4) is 5.75 Å². The number of benzene rings is 2. The number of carbonyl (C=O) groups excluding carboxylic acids is 1. The highest BCUT2D eigenvalue weighted by molar-refractivity contribution is 5.89. The summed E-state index contributed by atoms with van der Waals surface area (Å²) < 4.78 is 10.3. The molecular weight excluding hydrogens is 330 g/mol. The highest BCUT2D eigenvalue weighted by atomic mass is 16.5. The van der Waals surface area contributed by atoms with E-state index in [9.17, 15) is 4.79 Å². The summed E-state index contributed by atoms with van der Waals surface area (Å²) in [5, 5.41) is 5.80. The van der Waals surface area contributed by atoms with Crippen molar-refractivity contribution < 1.29 is 14.3 Å². The molecule has 0 aromatic heterocycles. The molecule has 0 saturated carbocycles. The van der Waals surface area contributed by atoms with Gasteiger partial charge in [0.25, 0.3) is 0 Å². The molecule has 0 radical (unpaired) electrons. The third kappa shape index (κ3) is 5.75. The highest BCUT2D eigenvalue weighted by Crippen LogP contribution is 2.20. The smallest absolute Gasteiger partial charge is 0.319 e. The second-order valence-corrected chi connectivity index (χ2v) is 6.22. The molecule has 0 aliphatic carbocycles. The van der Waals surface area contributed by atoms with Gasteiger partial charge in [-0.3, -0.25) is 0 Å². The van der Waals surface area contributed by atoms with E-state index >= 15 is 0 Å². The lowest BCUT2D eigenvalue weighted by molar-refractivity contribution is 0.185. The maximum absolute atomic E-state index is 12.2. The van der Waals surface area contributed by atoms with Crippen molar-refractivity contribution in [2.45, 2.75) is 12.6 Å². The molecule has 140 valence electrons. The minimum atomic E-state index is -0.236. The first kappa shape index (κ1) is 19.8. The van der Waals surface area contributed by atoms with Gasteiger partial charge in [-0.25, -0.2) is 4.79 Å². The van der Waals surface area contributed by atoms with Crippen molar-refractivity contribution in [3.63, 3.8) is 0 Å². The van der Waals surface area contributed by atoms with Gasteiger partial charge in [0.15, 0.2) is 0 Å². The molecule has 1 atom stereocenters. The molecule has 0 saturated heterocycles. The predicted octanol–water partition coefficient (Wildman–Crippen LogP) is 3.27. The lowest BCUT2D eigenvalue weighted by Gasteiger charge is -2.25. The summed E-state index contributed by atoms with van der Waals surface area (Å²) in [6.07, 6.45) is 0. The van der Waals surface area contributed by atoms with Gasteiger partial charge in [-0.1, -0.05) is 24.3 Å². The third-order valence-electron chi connectivity index (χ3n) is 4.08. The number of likely N-dealkylation sites (N-methyl/N-ethyl adjacent to an activating group) is 1. The van der Waals surface area contributed by atoms with Crippen LogP contribution in [-0.4, -0.2) is 45.8 Å². The maximum atomic E-state index is 12.2. The van der Waals surface area contributed by atoms with Crippen molar-refractivity contribution >= 4 is 11.7 Å². The number of amides is 2. The molecule has 0 bridgehead atoms. The van der Waals surface area contributed by atoms with Gasteiger partial charge in [-0.2, -0.15) is 0 Å². The van der Waals surface area contributed by atoms with Crippen molar-refractivity contribution in [1.82, 2.24) is 10.2 Å². The summed E-state index contributed by atoms with van der Waals surface area (Å²) in [7, 11) is 7.27. The van der Waals surface area contributed by atoms with Crippen molar-refractivity contribution in [2.75, 3.05) is 40.2 Å². The molecule has 0 aliphatic rings. The van der Waals surface area contributed by atoms with Gasteiger partial charge in [0.1, 0.15) is 5.75 Å². The quantitative estimate of drug-likeness (QED) is 0.761. The number of urea groups is 1. The van der Waals surface area contributed by atoms with Crippen LogP contribution < -0.4 is 15.4 Å². The number of ether oxygens (including phenoxy) is 2. The molecule has 2 rings (SSSR count). The number of nitrogens with one attached hydrogen (secondary N) is 2. The molecule has 0 aliphatic heterocycles. The van der Waals surface area contributed by atoms with Crippen molar-refractivity contribution in [3.05, 3.63) is 59.7 Å². The summed E-state index contributed by atoms with van der Waals surface area (Å²) in [4.78, 5) is 14.3. The van der Waals surface area contributed by atoms with Gasteiger partial charge in [0.05, 0.1) is 19.8 Å². The van der Waals surface area contributed by atoms with Gasteiger partial charge in [0.2, 0.25) is 0 Å². The van der Waals surface area contributed by atoms with E-state index in [-0.39, 0.29) is 12.1 Å². The second kappa shape index (κ2) is 9.79. The molecule has 1 unspecified atom stereocenters. The predicted molar refractivity (Wildman–Crippen MR) is 104 cm³/mol. The fourth-order valence-corrected chi connectivity index (χ4v) is 2.69. The van der Waals surface area contributed by atoms with Crippen LogP contribution in [0.4, 0.5) is 10.5 Å². The fraction of sp³-hybridized carbons (Fsp3) is 0.350. The average Bonchev–Trinajstić information content (AvgIpc) is 2.62. The summed E-state index contributed by atoms with van der Waals surface area (Å²) >= 11 is 0. The van der Waals surface area contributed by atoms with E-state index in [2.05, 4.69) is 15.5 Å². The van der Waals surface area contributed by atoms with E-state index in [1.807, 2.05) is 62.6 Å². The third-order valence-corrected chi connectivity index (χ3v) is 4.08. The van der Waals surface area contributed by atoms with E-state index in [0.717, 1.165) is 22.6 Å². The number of nitrogens with zero attached hydrogens (tertiary/aromatic N) is 1. The van der Waals surface area contributed by atoms with Crippen LogP contribution in [0.15, 0.2) is 48.5 Å². The van der Waals surface area contributed by atoms with Gasteiger partial charge in [0, 0.05) is 19.3 Å². The van der Waals surface area contributed by atoms with E-state index in [0.29, 0.717) is 13.2 Å². The molecule has 26 heavy (non-hydrogen) atoms. The molecule has 2 aromatic carbocycles. The van der Waals surface area contributed by atoms with Crippen LogP contribution in [0.1, 0.15) is 17.2 Å². The number of hydrogen-bond donors (Lipinski definition) is 2. The van der Waals surface area contributed by atoms with Crippen LogP contribution >= 0.6 is 0 Å². The Bertz CT molecular complexity index is 702. The monoisotopic (exact) mass is 357 g/mol. The molecule has 0 fully saturated rings. The van der Waals surface area contributed by atoms with Gasteiger partial charge < -0.3 is 25.0 Å². The Balaban J connectivity index is 1.95. The first-order valence-electron chi connectivity index (χ1n) is 8.46. The van der Waals surface area contributed by atoms with E-state index in [1.165, 1.54) is 0 Å². The lowest BCUT2D eigenvalue weighted by atomic mass is 10.1. The summed E-state index contributed by atoms with van der Waals surface area (Å²) in [6.45, 7) is 1.00. The number of carbonyl (C=O) groups is 1. The minimum Gasteiger partial charge on any atom is -0.497 e. The van der Waals surface area contributed by atoms with Crippen LogP contribution in [0.2, 0.25) is 0 Å².